The number of nitro groups is 1. The maximum absolute atomic E-state index is 13.6. The molecule has 1 aromatic carbocycles. The first-order valence-corrected chi connectivity index (χ1v) is 6.15. The van der Waals surface area contributed by atoms with Gasteiger partial charge in [-0.1, -0.05) is 13.0 Å². The van der Waals surface area contributed by atoms with Gasteiger partial charge in [0.05, 0.1) is 11.0 Å². The minimum absolute atomic E-state index is 0.189. The lowest BCUT2D eigenvalue weighted by Crippen LogP contribution is -2.46. The first kappa shape index (κ1) is 15.9. The summed E-state index contributed by atoms with van der Waals surface area (Å²) in [7, 11) is 0. The molecule has 6 nitrogen and oxygen atoms in total. The standard InChI is InChI=1S/C13H16FN3O3/c1-3-7-16-13(2,8-15)9-20-12-10(14)5-4-6-11(12)17(18)19/h4-6,16H,3,7,9H2,1-2H3. The molecule has 0 spiro atoms. The normalized spacial score (nSPS) is 13.3. The van der Waals surface area contributed by atoms with Crippen LogP contribution in [0.5, 0.6) is 5.75 Å². The molecule has 0 fully saturated rings. The van der Waals surface area contributed by atoms with Gasteiger partial charge in [0.25, 0.3) is 0 Å². The van der Waals surface area contributed by atoms with Crippen molar-refractivity contribution >= 4 is 5.69 Å². The summed E-state index contributed by atoms with van der Waals surface area (Å²) < 4.78 is 18.8. The zero-order chi connectivity index (χ0) is 15.2. The van der Waals surface area contributed by atoms with Crippen molar-refractivity contribution in [2.45, 2.75) is 25.8 Å². The van der Waals surface area contributed by atoms with E-state index in [0.29, 0.717) is 6.54 Å². The number of halogens is 1. The van der Waals surface area contributed by atoms with E-state index in [4.69, 9.17) is 10.00 Å². The largest absolute Gasteiger partial charge is 0.482 e. The lowest BCUT2D eigenvalue weighted by molar-refractivity contribution is -0.386. The summed E-state index contributed by atoms with van der Waals surface area (Å²) in [5, 5.41) is 22.9. The third-order valence-corrected chi connectivity index (χ3v) is 2.66. The Balaban J connectivity index is 2.89. The molecule has 108 valence electrons. The van der Waals surface area contributed by atoms with E-state index < -0.39 is 27.7 Å². The van der Waals surface area contributed by atoms with Crippen LogP contribution >= 0.6 is 0 Å². The molecule has 0 aliphatic carbocycles. The van der Waals surface area contributed by atoms with Crippen LogP contribution < -0.4 is 10.1 Å². The van der Waals surface area contributed by atoms with Gasteiger partial charge in [0, 0.05) is 6.07 Å². The summed E-state index contributed by atoms with van der Waals surface area (Å²) in [6.45, 7) is 3.93. The number of ether oxygens (including phenoxy) is 1. The highest BCUT2D eigenvalue weighted by Gasteiger charge is 2.27. The third-order valence-electron chi connectivity index (χ3n) is 2.66. The first-order chi connectivity index (χ1) is 9.43. The molecule has 1 rings (SSSR count). The molecule has 20 heavy (non-hydrogen) atoms. The molecule has 7 heteroatoms. The maximum Gasteiger partial charge on any atom is 0.314 e. The van der Waals surface area contributed by atoms with Crippen molar-refractivity contribution in [2.24, 2.45) is 0 Å². The molecular weight excluding hydrogens is 265 g/mol. The molecule has 0 saturated heterocycles. The highest BCUT2D eigenvalue weighted by Crippen LogP contribution is 2.30. The molecule has 1 aromatic rings. The molecule has 1 unspecified atom stereocenters. The van der Waals surface area contributed by atoms with Crippen LogP contribution in [0, 0.1) is 27.3 Å². The summed E-state index contributed by atoms with van der Waals surface area (Å²) in [5.41, 5.74) is -1.49. The second kappa shape index (κ2) is 6.82. The van der Waals surface area contributed by atoms with Crippen LogP contribution in [0.1, 0.15) is 20.3 Å². The number of nitrogens with zero attached hydrogens (tertiary/aromatic N) is 2. The molecule has 0 saturated carbocycles. The molecule has 0 aliphatic heterocycles. The highest BCUT2D eigenvalue weighted by molar-refractivity contribution is 5.47. The van der Waals surface area contributed by atoms with Crippen molar-refractivity contribution in [3.8, 4) is 11.8 Å². The van der Waals surface area contributed by atoms with E-state index >= 15 is 0 Å². The van der Waals surface area contributed by atoms with E-state index in [9.17, 15) is 14.5 Å². The van der Waals surface area contributed by atoms with E-state index in [0.717, 1.165) is 18.6 Å². The van der Waals surface area contributed by atoms with Crippen molar-refractivity contribution in [1.29, 1.82) is 5.26 Å². The smallest absolute Gasteiger partial charge is 0.314 e. The van der Waals surface area contributed by atoms with Crippen LogP contribution in [0.2, 0.25) is 0 Å². The zero-order valence-electron chi connectivity index (χ0n) is 11.4. The van der Waals surface area contributed by atoms with Crippen LogP contribution in [0.3, 0.4) is 0 Å². The predicted octanol–water partition coefficient (Wildman–Crippen LogP) is 2.39. The average molecular weight is 281 g/mol. The van der Waals surface area contributed by atoms with Gasteiger partial charge < -0.3 is 4.74 Å². The summed E-state index contributed by atoms with van der Waals surface area (Å²) in [4.78, 5) is 10.1. The first-order valence-electron chi connectivity index (χ1n) is 6.15. The van der Waals surface area contributed by atoms with Crippen LogP contribution in [-0.2, 0) is 0 Å². The van der Waals surface area contributed by atoms with Gasteiger partial charge in [-0.3, -0.25) is 15.4 Å². The lowest BCUT2D eigenvalue weighted by atomic mass is 10.1. The Kier molecular flexibility index (Phi) is 5.41. The molecule has 1 atom stereocenters. The fourth-order valence-corrected chi connectivity index (χ4v) is 1.52. The van der Waals surface area contributed by atoms with Crippen molar-refractivity contribution < 1.29 is 14.1 Å². The van der Waals surface area contributed by atoms with Crippen molar-refractivity contribution in [3.05, 3.63) is 34.1 Å². The molecule has 0 bridgehead atoms. The number of nitrogens with one attached hydrogen (secondary N) is 1. The summed E-state index contributed by atoms with van der Waals surface area (Å²) in [5.74, 6) is -1.27. The zero-order valence-corrected chi connectivity index (χ0v) is 11.4. The minimum Gasteiger partial charge on any atom is -0.482 e. The monoisotopic (exact) mass is 281 g/mol. The van der Waals surface area contributed by atoms with E-state index in [1.807, 2.05) is 13.0 Å². The Morgan fingerprint density at radius 3 is 2.85 bits per heavy atom. The average Bonchev–Trinajstić information content (AvgIpc) is 2.43. The molecule has 0 aromatic heterocycles. The molecular formula is C13H16FN3O3. The summed E-state index contributed by atoms with van der Waals surface area (Å²) >= 11 is 0. The van der Waals surface area contributed by atoms with Crippen LogP contribution in [0.4, 0.5) is 10.1 Å². The van der Waals surface area contributed by atoms with Crippen LogP contribution in [-0.4, -0.2) is 23.6 Å². The Morgan fingerprint density at radius 1 is 1.60 bits per heavy atom. The van der Waals surface area contributed by atoms with Gasteiger partial charge in [0.2, 0.25) is 5.75 Å². The van der Waals surface area contributed by atoms with Gasteiger partial charge >= 0.3 is 5.69 Å². The number of nitriles is 1. The van der Waals surface area contributed by atoms with Gasteiger partial charge in [-0.25, -0.2) is 4.39 Å². The Bertz CT molecular complexity index is 530. The number of nitro benzene ring substituents is 1. The van der Waals surface area contributed by atoms with E-state index in [-0.39, 0.29) is 6.61 Å². The van der Waals surface area contributed by atoms with E-state index in [1.165, 1.54) is 6.07 Å². The van der Waals surface area contributed by atoms with E-state index in [2.05, 4.69) is 5.32 Å². The quantitative estimate of drug-likeness (QED) is 0.612. The SMILES string of the molecule is CCCNC(C)(C#N)COc1c(F)cccc1[N+](=O)[O-]. The molecule has 0 aliphatic rings. The number of benzene rings is 1. The number of hydrogen-bond acceptors (Lipinski definition) is 5. The second-order valence-electron chi connectivity index (χ2n) is 4.50. The van der Waals surface area contributed by atoms with Crippen molar-refractivity contribution in [2.75, 3.05) is 13.2 Å². The van der Waals surface area contributed by atoms with E-state index in [1.54, 1.807) is 6.92 Å². The number of hydrogen-bond donors (Lipinski definition) is 1. The molecule has 0 heterocycles. The predicted molar refractivity (Wildman–Crippen MR) is 70.9 cm³/mol. The molecule has 0 radical (unpaired) electrons. The minimum atomic E-state index is -1.04. The number of para-hydroxylation sites is 1. The maximum atomic E-state index is 13.6. The molecule has 0 amide bonds. The van der Waals surface area contributed by atoms with Crippen molar-refractivity contribution in [3.63, 3.8) is 0 Å². The van der Waals surface area contributed by atoms with Gasteiger partial charge in [-0.2, -0.15) is 5.26 Å². The fourth-order valence-electron chi connectivity index (χ4n) is 1.52. The van der Waals surface area contributed by atoms with Gasteiger partial charge in [-0.05, 0) is 26.0 Å². The van der Waals surface area contributed by atoms with Crippen LogP contribution in [0.15, 0.2) is 18.2 Å². The van der Waals surface area contributed by atoms with Gasteiger partial charge in [-0.15, -0.1) is 0 Å². The Hall–Kier alpha value is -2.20. The van der Waals surface area contributed by atoms with Crippen LogP contribution in [0.25, 0.3) is 0 Å². The topological polar surface area (TPSA) is 88.2 Å². The fraction of sp³-hybridized carbons (Fsp3) is 0.462. The summed E-state index contributed by atoms with van der Waals surface area (Å²) in [6, 6.07) is 5.49. The van der Waals surface area contributed by atoms with Gasteiger partial charge in [0.15, 0.2) is 5.82 Å². The molecule has 1 N–H and O–H groups in total. The summed E-state index contributed by atoms with van der Waals surface area (Å²) in [6.07, 6.45) is 0.817. The van der Waals surface area contributed by atoms with Gasteiger partial charge in [0.1, 0.15) is 12.1 Å². The second-order valence-corrected chi connectivity index (χ2v) is 4.50. The Morgan fingerprint density at radius 2 is 2.30 bits per heavy atom. The Labute approximate surface area is 116 Å². The number of rotatable bonds is 7. The third kappa shape index (κ3) is 3.90. The highest BCUT2D eigenvalue weighted by atomic mass is 19.1. The lowest BCUT2D eigenvalue weighted by Gasteiger charge is -2.23. The van der Waals surface area contributed by atoms with Crippen molar-refractivity contribution in [1.82, 2.24) is 5.32 Å².